The fourth-order valence-corrected chi connectivity index (χ4v) is 1.76. The third-order valence-electron chi connectivity index (χ3n) is 2.59. The van der Waals surface area contributed by atoms with E-state index in [1.54, 1.807) is 17.1 Å². The first-order valence-corrected chi connectivity index (χ1v) is 5.49. The Kier molecular flexibility index (Phi) is 2.40. The Morgan fingerprint density at radius 2 is 2.00 bits per heavy atom. The van der Waals surface area contributed by atoms with Crippen molar-refractivity contribution < 1.29 is 4.52 Å². The number of hydrogen-bond acceptors (Lipinski definition) is 5. The molecule has 0 aliphatic heterocycles. The van der Waals surface area contributed by atoms with Crippen molar-refractivity contribution in [2.75, 3.05) is 0 Å². The van der Waals surface area contributed by atoms with Crippen molar-refractivity contribution in [1.82, 2.24) is 24.9 Å². The predicted octanol–water partition coefficient (Wildman–Crippen LogP) is 1.84. The van der Waals surface area contributed by atoms with E-state index < -0.39 is 0 Å². The van der Waals surface area contributed by atoms with Gasteiger partial charge in [-0.05, 0) is 25.1 Å². The minimum absolute atomic E-state index is 0.463. The van der Waals surface area contributed by atoms with E-state index in [1.807, 2.05) is 32.2 Å². The van der Waals surface area contributed by atoms with Crippen LogP contribution in [-0.4, -0.2) is 24.9 Å². The third kappa shape index (κ3) is 1.77. The quantitative estimate of drug-likeness (QED) is 0.684. The summed E-state index contributed by atoms with van der Waals surface area (Å²) in [6.07, 6.45) is 3.39. The predicted molar refractivity (Wildman–Crippen MR) is 64.5 cm³/mol. The van der Waals surface area contributed by atoms with Gasteiger partial charge >= 0.3 is 0 Å². The average Bonchev–Trinajstić information content (AvgIpc) is 2.97. The Bertz CT molecular complexity index is 671. The van der Waals surface area contributed by atoms with Crippen LogP contribution in [0.15, 0.2) is 35.1 Å². The first kappa shape index (κ1) is 10.6. The number of rotatable bonds is 2. The fourth-order valence-electron chi connectivity index (χ4n) is 1.76. The van der Waals surface area contributed by atoms with Gasteiger partial charge in [0, 0.05) is 25.0 Å². The Morgan fingerprint density at radius 1 is 1.22 bits per heavy atom. The summed E-state index contributed by atoms with van der Waals surface area (Å²) in [4.78, 5) is 8.31. The van der Waals surface area contributed by atoms with Gasteiger partial charge in [-0.1, -0.05) is 5.16 Å². The van der Waals surface area contributed by atoms with E-state index in [4.69, 9.17) is 4.52 Å². The summed E-state index contributed by atoms with van der Waals surface area (Å²) < 4.78 is 6.98. The molecule has 0 saturated carbocycles. The van der Waals surface area contributed by atoms with Crippen LogP contribution in [0.2, 0.25) is 0 Å². The first-order valence-electron chi connectivity index (χ1n) is 5.49. The molecule has 0 N–H and O–H groups in total. The van der Waals surface area contributed by atoms with Gasteiger partial charge < -0.3 is 4.52 Å². The molecule has 3 aromatic heterocycles. The second-order valence-electron chi connectivity index (χ2n) is 3.95. The zero-order chi connectivity index (χ0) is 12.5. The van der Waals surface area contributed by atoms with Crippen molar-refractivity contribution in [1.29, 1.82) is 0 Å². The molecule has 6 nitrogen and oxygen atoms in total. The molecule has 0 bridgehead atoms. The Morgan fingerprint density at radius 3 is 2.67 bits per heavy atom. The maximum atomic E-state index is 5.26. The van der Waals surface area contributed by atoms with E-state index in [2.05, 4.69) is 20.2 Å². The molecule has 0 amide bonds. The Hall–Kier alpha value is -2.50. The van der Waals surface area contributed by atoms with Crippen molar-refractivity contribution in [3.05, 3.63) is 36.3 Å². The van der Waals surface area contributed by atoms with Crippen molar-refractivity contribution in [2.45, 2.75) is 6.92 Å². The summed E-state index contributed by atoms with van der Waals surface area (Å²) in [7, 11) is 1.85. The standard InChI is InChI=1S/C12H11N5O/c1-8-7-10(17(2)15-8)12-14-11(16-18-12)9-3-5-13-6-4-9/h3-7H,1-2H3. The molecule has 0 aromatic carbocycles. The summed E-state index contributed by atoms with van der Waals surface area (Å²) in [5.74, 6) is 1.01. The normalized spacial score (nSPS) is 10.8. The Balaban J connectivity index is 2.02. The molecule has 90 valence electrons. The summed E-state index contributed by atoms with van der Waals surface area (Å²) >= 11 is 0. The minimum atomic E-state index is 0.463. The number of aryl methyl sites for hydroxylation is 2. The van der Waals surface area contributed by atoms with Crippen LogP contribution in [0.1, 0.15) is 5.69 Å². The molecule has 3 heterocycles. The lowest BCUT2D eigenvalue weighted by Gasteiger charge is -1.93. The highest BCUT2D eigenvalue weighted by Crippen LogP contribution is 2.21. The van der Waals surface area contributed by atoms with Crippen LogP contribution < -0.4 is 0 Å². The van der Waals surface area contributed by atoms with Gasteiger partial charge in [-0.2, -0.15) is 10.1 Å². The lowest BCUT2D eigenvalue weighted by molar-refractivity contribution is 0.428. The molecule has 0 aliphatic carbocycles. The van der Waals surface area contributed by atoms with Gasteiger partial charge in [-0.3, -0.25) is 9.67 Å². The van der Waals surface area contributed by atoms with Gasteiger partial charge in [0.1, 0.15) is 5.69 Å². The molecule has 0 unspecified atom stereocenters. The summed E-state index contributed by atoms with van der Waals surface area (Å²) in [5, 5.41) is 8.21. The van der Waals surface area contributed by atoms with E-state index in [0.29, 0.717) is 11.7 Å². The fraction of sp³-hybridized carbons (Fsp3) is 0.167. The number of aromatic nitrogens is 5. The molecular weight excluding hydrogens is 230 g/mol. The minimum Gasteiger partial charge on any atom is -0.332 e. The second kappa shape index (κ2) is 4.06. The van der Waals surface area contributed by atoms with E-state index >= 15 is 0 Å². The van der Waals surface area contributed by atoms with Crippen LogP contribution in [-0.2, 0) is 7.05 Å². The lowest BCUT2D eigenvalue weighted by Crippen LogP contribution is -1.93. The molecule has 3 aromatic rings. The van der Waals surface area contributed by atoms with Crippen LogP contribution in [0.3, 0.4) is 0 Å². The largest absolute Gasteiger partial charge is 0.332 e. The molecule has 3 rings (SSSR count). The van der Waals surface area contributed by atoms with E-state index in [9.17, 15) is 0 Å². The maximum Gasteiger partial charge on any atom is 0.276 e. The monoisotopic (exact) mass is 241 g/mol. The third-order valence-corrected chi connectivity index (χ3v) is 2.59. The SMILES string of the molecule is Cc1cc(-c2nc(-c3ccncc3)no2)n(C)n1. The zero-order valence-corrected chi connectivity index (χ0v) is 10.0. The van der Waals surface area contributed by atoms with E-state index in [1.165, 1.54) is 0 Å². The smallest absolute Gasteiger partial charge is 0.276 e. The molecule has 6 heteroatoms. The molecule has 0 radical (unpaired) electrons. The molecule has 0 saturated heterocycles. The molecule has 18 heavy (non-hydrogen) atoms. The van der Waals surface area contributed by atoms with Gasteiger partial charge in [0.25, 0.3) is 5.89 Å². The number of pyridine rings is 1. The van der Waals surface area contributed by atoms with Gasteiger partial charge in [-0.25, -0.2) is 0 Å². The molecule has 0 fully saturated rings. The van der Waals surface area contributed by atoms with Crippen molar-refractivity contribution in [2.24, 2.45) is 7.05 Å². The van der Waals surface area contributed by atoms with Crippen molar-refractivity contribution in [3.8, 4) is 23.0 Å². The topological polar surface area (TPSA) is 69.6 Å². The van der Waals surface area contributed by atoms with Crippen molar-refractivity contribution in [3.63, 3.8) is 0 Å². The highest BCUT2D eigenvalue weighted by atomic mass is 16.5. The first-order chi connectivity index (χ1) is 8.74. The lowest BCUT2D eigenvalue weighted by atomic mass is 10.2. The highest BCUT2D eigenvalue weighted by molar-refractivity contribution is 5.57. The summed E-state index contributed by atoms with van der Waals surface area (Å²) in [6, 6.07) is 5.58. The number of hydrogen-bond donors (Lipinski definition) is 0. The van der Waals surface area contributed by atoms with E-state index in [0.717, 1.165) is 17.0 Å². The van der Waals surface area contributed by atoms with Crippen LogP contribution in [0.5, 0.6) is 0 Å². The maximum absolute atomic E-state index is 5.26. The van der Waals surface area contributed by atoms with E-state index in [-0.39, 0.29) is 0 Å². The molecular formula is C12H11N5O. The molecule has 0 atom stereocenters. The molecule has 0 aliphatic rings. The van der Waals surface area contributed by atoms with Crippen molar-refractivity contribution >= 4 is 0 Å². The highest BCUT2D eigenvalue weighted by Gasteiger charge is 2.14. The van der Waals surface area contributed by atoms with Gasteiger partial charge in [0.2, 0.25) is 5.82 Å². The van der Waals surface area contributed by atoms with Gasteiger partial charge in [-0.15, -0.1) is 0 Å². The number of nitrogens with zero attached hydrogens (tertiary/aromatic N) is 5. The second-order valence-corrected chi connectivity index (χ2v) is 3.95. The van der Waals surface area contributed by atoms with Gasteiger partial charge in [0.15, 0.2) is 0 Å². The zero-order valence-electron chi connectivity index (χ0n) is 10.0. The van der Waals surface area contributed by atoms with Crippen LogP contribution in [0.4, 0.5) is 0 Å². The summed E-state index contributed by atoms with van der Waals surface area (Å²) in [5.41, 5.74) is 2.59. The Labute approximate surface area is 103 Å². The van der Waals surface area contributed by atoms with Crippen LogP contribution >= 0.6 is 0 Å². The summed E-state index contributed by atoms with van der Waals surface area (Å²) in [6.45, 7) is 1.92. The van der Waals surface area contributed by atoms with Crippen LogP contribution in [0.25, 0.3) is 23.0 Å². The van der Waals surface area contributed by atoms with Gasteiger partial charge in [0.05, 0.1) is 5.69 Å². The molecule has 0 spiro atoms. The average molecular weight is 241 g/mol. The van der Waals surface area contributed by atoms with Crippen LogP contribution in [0, 0.1) is 6.92 Å².